The topological polar surface area (TPSA) is 55.1 Å². The van der Waals surface area contributed by atoms with Gasteiger partial charge in [0, 0.05) is 10.9 Å². The minimum absolute atomic E-state index is 0.215. The van der Waals surface area contributed by atoms with Crippen molar-refractivity contribution in [3.8, 4) is 11.3 Å². The average molecular weight is 288 g/mol. The van der Waals surface area contributed by atoms with Crippen LogP contribution in [0, 0.1) is 5.82 Å². The molecule has 3 rings (SSSR count). The predicted molar refractivity (Wildman–Crippen MR) is 74.2 cm³/mol. The highest BCUT2D eigenvalue weighted by atomic mass is 32.1. The van der Waals surface area contributed by atoms with E-state index in [9.17, 15) is 9.18 Å². The highest BCUT2D eigenvalue weighted by Gasteiger charge is 2.12. The number of carbonyl (C=O) groups excluding carboxylic acids is 1. The molecule has 1 aromatic carbocycles. The zero-order chi connectivity index (χ0) is 13.9. The van der Waals surface area contributed by atoms with Crippen LogP contribution in [0.2, 0.25) is 0 Å². The Morgan fingerprint density at radius 2 is 2.20 bits per heavy atom. The number of anilines is 1. The number of rotatable bonds is 3. The number of aromatic nitrogens is 1. The van der Waals surface area contributed by atoms with Crippen LogP contribution in [-0.4, -0.2) is 10.9 Å². The number of furan rings is 1. The van der Waals surface area contributed by atoms with Crippen molar-refractivity contribution in [2.45, 2.75) is 0 Å². The Labute approximate surface area is 117 Å². The molecule has 0 atom stereocenters. The Kier molecular flexibility index (Phi) is 3.30. The monoisotopic (exact) mass is 288 g/mol. The van der Waals surface area contributed by atoms with E-state index in [2.05, 4.69) is 10.3 Å². The number of benzene rings is 1. The van der Waals surface area contributed by atoms with Crippen LogP contribution in [0.4, 0.5) is 9.52 Å². The summed E-state index contributed by atoms with van der Waals surface area (Å²) in [6.45, 7) is 0. The summed E-state index contributed by atoms with van der Waals surface area (Å²) in [4.78, 5) is 16.0. The van der Waals surface area contributed by atoms with Crippen LogP contribution in [0.1, 0.15) is 10.6 Å². The van der Waals surface area contributed by atoms with Crippen LogP contribution < -0.4 is 5.32 Å². The molecule has 0 unspecified atom stereocenters. The number of nitrogens with zero attached hydrogens (tertiary/aromatic N) is 1. The third-order valence-electron chi connectivity index (χ3n) is 2.59. The lowest BCUT2D eigenvalue weighted by molar-refractivity contribution is 0.0996. The van der Waals surface area contributed by atoms with E-state index in [0.717, 1.165) is 0 Å². The molecular weight excluding hydrogens is 279 g/mol. The molecule has 2 heterocycles. The van der Waals surface area contributed by atoms with Gasteiger partial charge in [0.2, 0.25) is 0 Å². The maximum atomic E-state index is 13.1. The second-order valence-electron chi connectivity index (χ2n) is 3.98. The quantitative estimate of drug-likeness (QED) is 0.797. The highest BCUT2D eigenvalue weighted by molar-refractivity contribution is 7.14. The van der Waals surface area contributed by atoms with E-state index in [1.54, 1.807) is 29.6 Å². The molecule has 6 heteroatoms. The van der Waals surface area contributed by atoms with Crippen LogP contribution >= 0.6 is 11.3 Å². The van der Waals surface area contributed by atoms with E-state index in [0.29, 0.717) is 16.4 Å². The molecule has 0 fully saturated rings. The minimum atomic E-state index is -0.366. The molecule has 3 aromatic rings. The van der Waals surface area contributed by atoms with Gasteiger partial charge in [0.25, 0.3) is 5.91 Å². The maximum absolute atomic E-state index is 13.1. The number of hydrogen-bond acceptors (Lipinski definition) is 4. The predicted octanol–water partition coefficient (Wildman–Crippen LogP) is 3.79. The molecule has 100 valence electrons. The summed E-state index contributed by atoms with van der Waals surface area (Å²) < 4.78 is 18.1. The largest absolute Gasteiger partial charge is 0.459 e. The number of halogens is 1. The first-order valence-corrected chi connectivity index (χ1v) is 6.67. The van der Waals surface area contributed by atoms with Crippen molar-refractivity contribution in [1.29, 1.82) is 0 Å². The smallest absolute Gasteiger partial charge is 0.293 e. The first kappa shape index (κ1) is 12.6. The maximum Gasteiger partial charge on any atom is 0.293 e. The van der Waals surface area contributed by atoms with E-state index in [-0.39, 0.29) is 17.5 Å². The molecule has 0 aliphatic carbocycles. The van der Waals surface area contributed by atoms with Gasteiger partial charge in [-0.05, 0) is 24.3 Å². The minimum Gasteiger partial charge on any atom is -0.459 e. The molecule has 0 aliphatic heterocycles. The molecular formula is C14H9FN2O2S. The van der Waals surface area contributed by atoms with Crippen molar-refractivity contribution >= 4 is 22.4 Å². The summed E-state index contributed by atoms with van der Waals surface area (Å²) in [7, 11) is 0. The van der Waals surface area contributed by atoms with Crippen molar-refractivity contribution in [2.75, 3.05) is 5.32 Å². The van der Waals surface area contributed by atoms with Gasteiger partial charge in [-0.25, -0.2) is 9.37 Å². The van der Waals surface area contributed by atoms with Crippen LogP contribution in [0.5, 0.6) is 0 Å². The van der Waals surface area contributed by atoms with E-state index < -0.39 is 0 Å². The van der Waals surface area contributed by atoms with Gasteiger partial charge >= 0.3 is 0 Å². The number of nitrogens with one attached hydrogen (secondary N) is 1. The standard InChI is InChI=1S/C14H9FN2O2S/c15-10-4-1-3-9(7-10)11-8-20-14(16-11)17-13(18)12-5-2-6-19-12/h1-8H,(H,16,17,18). The summed E-state index contributed by atoms with van der Waals surface area (Å²) in [6.07, 6.45) is 1.43. The lowest BCUT2D eigenvalue weighted by Crippen LogP contribution is -2.10. The van der Waals surface area contributed by atoms with Gasteiger partial charge in [-0.1, -0.05) is 12.1 Å². The lowest BCUT2D eigenvalue weighted by Gasteiger charge is -1.98. The summed E-state index contributed by atoms with van der Waals surface area (Å²) >= 11 is 1.27. The number of hydrogen-bond donors (Lipinski definition) is 1. The molecule has 4 nitrogen and oxygen atoms in total. The zero-order valence-electron chi connectivity index (χ0n) is 10.2. The van der Waals surface area contributed by atoms with Crippen molar-refractivity contribution in [1.82, 2.24) is 4.98 Å². The SMILES string of the molecule is O=C(Nc1nc(-c2cccc(F)c2)cs1)c1ccco1. The Morgan fingerprint density at radius 3 is 2.95 bits per heavy atom. The third kappa shape index (κ3) is 2.60. The second-order valence-corrected chi connectivity index (χ2v) is 4.84. The van der Waals surface area contributed by atoms with Crippen LogP contribution in [0.3, 0.4) is 0 Å². The normalized spacial score (nSPS) is 10.4. The first-order valence-electron chi connectivity index (χ1n) is 5.79. The summed E-state index contributed by atoms with van der Waals surface area (Å²) in [5.41, 5.74) is 1.28. The van der Waals surface area contributed by atoms with Gasteiger partial charge in [0.15, 0.2) is 10.9 Å². The van der Waals surface area contributed by atoms with E-state index in [4.69, 9.17) is 4.42 Å². The average Bonchev–Trinajstić information content (AvgIpc) is 3.10. The second kappa shape index (κ2) is 5.26. The molecule has 1 amide bonds. The molecule has 0 radical (unpaired) electrons. The Hall–Kier alpha value is -2.47. The number of amides is 1. The van der Waals surface area contributed by atoms with Gasteiger partial charge in [0.05, 0.1) is 12.0 Å². The van der Waals surface area contributed by atoms with Crippen molar-refractivity contribution < 1.29 is 13.6 Å². The van der Waals surface area contributed by atoms with Gasteiger partial charge < -0.3 is 4.42 Å². The van der Waals surface area contributed by atoms with E-state index in [1.807, 2.05) is 0 Å². The van der Waals surface area contributed by atoms with Gasteiger partial charge in [-0.2, -0.15) is 0 Å². The molecule has 0 saturated heterocycles. The molecule has 20 heavy (non-hydrogen) atoms. The van der Waals surface area contributed by atoms with Gasteiger partial charge in [-0.15, -0.1) is 11.3 Å². The van der Waals surface area contributed by atoms with E-state index in [1.165, 1.54) is 29.7 Å². The van der Waals surface area contributed by atoms with Crippen LogP contribution in [0.15, 0.2) is 52.5 Å². The van der Waals surface area contributed by atoms with Crippen molar-refractivity contribution in [3.63, 3.8) is 0 Å². The van der Waals surface area contributed by atoms with Crippen molar-refractivity contribution in [3.05, 3.63) is 59.6 Å². The Balaban J connectivity index is 1.79. The fourth-order valence-electron chi connectivity index (χ4n) is 1.68. The third-order valence-corrected chi connectivity index (χ3v) is 3.35. The highest BCUT2D eigenvalue weighted by Crippen LogP contribution is 2.25. The van der Waals surface area contributed by atoms with Gasteiger partial charge in [0.1, 0.15) is 5.82 Å². The summed E-state index contributed by atoms with van der Waals surface area (Å²) in [6, 6.07) is 9.34. The molecule has 0 saturated carbocycles. The van der Waals surface area contributed by atoms with Crippen molar-refractivity contribution in [2.24, 2.45) is 0 Å². The molecule has 0 bridgehead atoms. The molecule has 0 aliphatic rings. The zero-order valence-corrected chi connectivity index (χ0v) is 11.0. The number of carbonyl (C=O) groups is 1. The lowest BCUT2D eigenvalue weighted by atomic mass is 10.2. The summed E-state index contributed by atoms with van der Waals surface area (Å²) in [5.74, 6) is -0.473. The fraction of sp³-hybridized carbons (Fsp3) is 0. The fourth-order valence-corrected chi connectivity index (χ4v) is 2.39. The molecule has 0 spiro atoms. The molecule has 2 aromatic heterocycles. The van der Waals surface area contributed by atoms with Crippen LogP contribution in [0.25, 0.3) is 11.3 Å². The van der Waals surface area contributed by atoms with Crippen LogP contribution in [-0.2, 0) is 0 Å². The Bertz CT molecular complexity index is 737. The molecule has 1 N–H and O–H groups in total. The summed E-state index contributed by atoms with van der Waals surface area (Å²) in [5, 5.41) is 4.82. The van der Waals surface area contributed by atoms with E-state index >= 15 is 0 Å². The first-order chi connectivity index (χ1) is 9.72. The van der Waals surface area contributed by atoms with Gasteiger partial charge in [-0.3, -0.25) is 10.1 Å². The Morgan fingerprint density at radius 1 is 1.30 bits per heavy atom. The number of thiazole rings is 1.